The highest BCUT2D eigenvalue weighted by Gasteiger charge is 2.15. The lowest BCUT2D eigenvalue weighted by Crippen LogP contribution is -2.15. The number of nitro benzene ring substituents is 1. The van der Waals surface area contributed by atoms with Crippen LogP contribution in [0.5, 0.6) is 5.75 Å². The molecule has 4 rings (SSSR count). The van der Waals surface area contributed by atoms with Crippen LogP contribution in [0.4, 0.5) is 17.1 Å². The number of amides is 2. The first-order valence-corrected chi connectivity index (χ1v) is 10.0. The predicted octanol–water partition coefficient (Wildman–Crippen LogP) is 3.07. The van der Waals surface area contributed by atoms with Gasteiger partial charge in [-0.2, -0.15) is 10.2 Å². The molecule has 0 saturated carbocycles. The zero-order valence-corrected chi connectivity index (χ0v) is 17.9. The first-order chi connectivity index (χ1) is 16.4. The van der Waals surface area contributed by atoms with Gasteiger partial charge < -0.3 is 15.4 Å². The summed E-state index contributed by atoms with van der Waals surface area (Å²) >= 11 is 0. The maximum atomic E-state index is 12.5. The van der Waals surface area contributed by atoms with E-state index in [1.54, 1.807) is 55.7 Å². The summed E-state index contributed by atoms with van der Waals surface area (Å²) in [6.07, 6.45) is 3.20. The van der Waals surface area contributed by atoms with Crippen molar-refractivity contribution >= 4 is 28.9 Å². The Hall–Kier alpha value is -5.00. The van der Waals surface area contributed by atoms with Crippen molar-refractivity contribution in [3.8, 4) is 5.75 Å². The normalized spacial score (nSPS) is 10.5. The molecule has 12 nitrogen and oxygen atoms in total. The van der Waals surface area contributed by atoms with Crippen molar-refractivity contribution in [3.63, 3.8) is 0 Å². The number of nitrogens with one attached hydrogen (secondary N) is 2. The minimum atomic E-state index is -0.535. The molecule has 0 atom stereocenters. The topological polar surface area (TPSA) is 146 Å². The van der Waals surface area contributed by atoms with Crippen molar-refractivity contribution in [2.75, 3.05) is 10.6 Å². The van der Waals surface area contributed by atoms with E-state index in [2.05, 4.69) is 20.8 Å². The Kier molecular flexibility index (Phi) is 6.30. The number of rotatable bonds is 8. The number of ether oxygens (including phenoxy) is 1. The lowest BCUT2D eigenvalue weighted by atomic mass is 10.2. The molecule has 0 unspecified atom stereocenters. The van der Waals surface area contributed by atoms with Crippen molar-refractivity contribution in [2.24, 2.45) is 7.05 Å². The Labute approximate surface area is 192 Å². The van der Waals surface area contributed by atoms with Gasteiger partial charge in [0.1, 0.15) is 0 Å². The average molecular weight is 461 g/mol. The van der Waals surface area contributed by atoms with Gasteiger partial charge in [-0.05, 0) is 42.5 Å². The number of hydrogen-bond donors (Lipinski definition) is 2. The van der Waals surface area contributed by atoms with Gasteiger partial charge in [0.05, 0.1) is 4.92 Å². The fraction of sp³-hybridized carbons (Fsp3) is 0.0909. The molecular weight excluding hydrogens is 442 g/mol. The molecule has 2 aromatic heterocycles. The van der Waals surface area contributed by atoms with Gasteiger partial charge in [-0.1, -0.05) is 12.1 Å². The minimum Gasteiger partial charge on any atom is -0.464 e. The average Bonchev–Trinajstić information content (AvgIpc) is 3.48. The SMILES string of the molecule is Cn1ccc(C(=O)Nc2ccc(NC(=O)c3ccn(COc4ccccc4[N+](=O)[O-])n3)cc2)n1. The van der Waals surface area contributed by atoms with Crippen LogP contribution in [0.2, 0.25) is 0 Å². The van der Waals surface area contributed by atoms with E-state index in [4.69, 9.17) is 4.74 Å². The van der Waals surface area contributed by atoms with Gasteiger partial charge in [0.25, 0.3) is 11.8 Å². The highest BCUT2D eigenvalue weighted by Crippen LogP contribution is 2.26. The summed E-state index contributed by atoms with van der Waals surface area (Å²) in [7, 11) is 1.72. The summed E-state index contributed by atoms with van der Waals surface area (Å²) in [5.41, 5.74) is 1.32. The van der Waals surface area contributed by atoms with Gasteiger partial charge in [0.15, 0.2) is 23.9 Å². The van der Waals surface area contributed by atoms with Crippen LogP contribution < -0.4 is 15.4 Å². The highest BCUT2D eigenvalue weighted by atomic mass is 16.6. The van der Waals surface area contributed by atoms with E-state index in [9.17, 15) is 19.7 Å². The molecule has 12 heteroatoms. The van der Waals surface area contributed by atoms with Crippen LogP contribution in [0.1, 0.15) is 21.0 Å². The summed E-state index contributed by atoms with van der Waals surface area (Å²) in [5, 5.41) is 24.7. The first kappa shape index (κ1) is 22.2. The molecule has 0 radical (unpaired) electrons. The third kappa shape index (κ3) is 5.24. The van der Waals surface area contributed by atoms with Gasteiger partial charge in [0, 0.05) is 36.9 Å². The molecule has 0 saturated heterocycles. The fourth-order valence-corrected chi connectivity index (χ4v) is 2.98. The van der Waals surface area contributed by atoms with Gasteiger partial charge in [-0.25, -0.2) is 4.68 Å². The number of nitrogens with zero attached hydrogens (tertiary/aromatic N) is 5. The Bertz CT molecular complexity index is 1340. The summed E-state index contributed by atoms with van der Waals surface area (Å²) in [4.78, 5) is 35.2. The molecule has 172 valence electrons. The second kappa shape index (κ2) is 9.65. The molecule has 0 spiro atoms. The third-order valence-corrected chi connectivity index (χ3v) is 4.63. The molecule has 0 fully saturated rings. The van der Waals surface area contributed by atoms with Gasteiger partial charge in [0.2, 0.25) is 0 Å². The number of aromatic nitrogens is 4. The molecule has 0 bridgehead atoms. The zero-order valence-electron chi connectivity index (χ0n) is 17.9. The van der Waals surface area contributed by atoms with Crippen LogP contribution in [0.25, 0.3) is 0 Å². The van der Waals surface area contributed by atoms with Gasteiger partial charge in [-0.15, -0.1) is 0 Å². The maximum Gasteiger partial charge on any atom is 0.311 e. The molecule has 2 N–H and O–H groups in total. The summed E-state index contributed by atoms with van der Waals surface area (Å²) in [6.45, 7) is -0.108. The standard InChI is InChI=1S/C22H19N7O5/c1-27-12-10-17(25-27)21(30)23-15-6-8-16(9-7-15)24-22(31)18-11-13-28(26-18)14-34-20-5-3-2-4-19(20)29(32)33/h2-13H,14H2,1H3,(H,23,30)(H,24,31). The largest absolute Gasteiger partial charge is 0.464 e. The van der Waals surface area contributed by atoms with Crippen LogP contribution in [-0.2, 0) is 13.8 Å². The van der Waals surface area contributed by atoms with Gasteiger partial charge in [-0.3, -0.25) is 24.4 Å². The second-order valence-electron chi connectivity index (χ2n) is 7.10. The second-order valence-corrected chi connectivity index (χ2v) is 7.10. The summed E-state index contributed by atoms with van der Waals surface area (Å²) in [5.74, 6) is -0.690. The number of anilines is 2. The smallest absolute Gasteiger partial charge is 0.311 e. The number of hydrogen-bond acceptors (Lipinski definition) is 7. The molecular formula is C22H19N7O5. The fourth-order valence-electron chi connectivity index (χ4n) is 2.98. The zero-order chi connectivity index (χ0) is 24.1. The van der Waals surface area contributed by atoms with E-state index in [-0.39, 0.29) is 29.8 Å². The number of nitro groups is 1. The summed E-state index contributed by atoms with van der Waals surface area (Å²) < 4.78 is 8.34. The van der Waals surface area contributed by atoms with Crippen molar-refractivity contribution in [2.45, 2.75) is 6.73 Å². The quantitative estimate of drug-likeness (QED) is 0.303. The molecule has 4 aromatic rings. The molecule has 0 aliphatic rings. The lowest BCUT2D eigenvalue weighted by Gasteiger charge is -2.07. The third-order valence-electron chi connectivity index (χ3n) is 4.63. The van der Waals surface area contributed by atoms with Crippen molar-refractivity contribution in [1.29, 1.82) is 0 Å². The monoisotopic (exact) mass is 461 g/mol. The van der Waals surface area contributed by atoms with Crippen LogP contribution in [-0.4, -0.2) is 36.3 Å². The van der Waals surface area contributed by atoms with Crippen LogP contribution in [0.3, 0.4) is 0 Å². The van der Waals surface area contributed by atoms with E-state index in [1.807, 2.05) is 0 Å². The van der Waals surface area contributed by atoms with Crippen molar-refractivity contribution in [3.05, 3.63) is 94.6 Å². The van der Waals surface area contributed by atoms with Crippen LogP contribution in [0, 0.1) is 10.1 Å². The molecule has 34 heavy (non-hydrogen) atoms. The van der Waals surface area contributed by atoms with Crippen molar-refractivity contribution < 1.29 is 19.2 Å². The Balaban J connectivity index is 1.33. The summed E-state index contributed by atoms with van der Waals surface area (Å²) in [6, 6.07) is 15.7. The van der Waals surface area contributed by atoms with Crippen LogP contribution >= 0.6 is 0 Å². The molecule has 2 aromatic carbocycles. The highest BCUT2D eigenvalue weighted by molar-refractivity contribution is 6.04. The Morgan fingerprint density at radius 1 is 0.912 bits per heavy atom. The number of carbonyl (C=O) groups is 2. The van der Waals surface area contributed by atoms with E-state index >= 15 is 0 Å². The van der Waals surface area contributed by atoms with Crippen LogP contribution in [0.15, 0.2) is 73.1 Å². The minimum absolute atomic E-state index is 0.101. The first-order valence-electron chi connectivity index (χ1n) is 10.0. The number of carbonyl (C=O) groups excluding carboxylic acids is 2. The maximum absolute atomic E-state index is 12.5. The Morgan fingerprint density at radius 3 is 2.09 bits per heavy atom. The number of aryl methyl sites for hydroxylation is 1. The van der Waals surface area contributed by atoms with Crippen molar-refractivity contribution in [1.82, 2.24) is 19.6 Å². The predicted molar refractivity (Wildman–Crippen MR) is 122 cm³/mol. The van der Waals surface area contributed by atoms with E-state index in [0.717, 1.165) is 0 Å². The number of para-hydroxylation sites is 2. The molecule has 2 amide bonds. The van der Waals surface area contributed by atoms with E-state index < -0.39 is 10.8 Å². The molecule has 2 heterocycles. The lowest BCUT2D eigenvalue weighted by molar-refractivity contribution is -0.386. The van der Waals surface area contributed by atoms with E-state index in [0.29, 0.717) is 17.1 Å². The number of benzene rings is 2. The van der Waals surface area contributed by atoms with E-state index in [1.165, 1.54) is 33.8 Å². The Morgan fingerprint density at radius 2 is 1.50 bits per heavy atom. The molecule has 0 aliphatic heterocycles. The van der Waals surface area contributed by atoms with Gasteiger partial charge >= 0.3 is 5.69 Å². The molecule has 0 aliphatic carbocycles.